The summed E-state index contributed by atoms with van der Waals surface area (Å²) in [5.74, 6) is 0.0526. The molecule has 2 aromatic rings. The Morgan fingerprint density at radius 3 is 2.17 bits per heavy atom. The number of sulfonamides is 1. The summed E-state index contributed by atoms with van der Waals surface area (Å²) >= 11 is 0. The minimum absolute atomic E-state index is 0.0330. The summed E-state index contributed by atoms with van der Waals surface area (Å²) in [6.45, 7) is 6.49. The molecule has 1 atom stereocenters. The van der Waals surface area contributed by atoms with E-state index in [0.29, 0.717) is 25.9 Å². The summed E-state index contributed by atoms with van der Waals surface area (Å²) in [4.78, 5) is 13.6. The van der Waals surface area contributed by atoms with Gasteiger partial charge in [-0.3, -0.25) is 4.79 Å². The molecule has 2 aromatic carbocycles. The standard InChI is InChI=1S/C24H32N2O3S/c1-4-20-11-13-21(14-12-20)19(3)25-23(27)24(22-9-7-6-8-10-22)15-17-26(18-16-24)30(28,29)5-2/h6-14,19H,4-5,15-18H2,1-3H3,(H,25,27). The van der Waals surface area contributed by atoms with Gasteiger partial charge in [0, 0.05) is 13.1 Å². The average molecular weight is 429 g/mol. The SMILES string of the molecule is CCc1ccc(C(C)NC(=O)C2(c3ccccc3)CCN(S(=O)(=O)CC)CC2)cc1. The smallest absolute Gasteiger partial charge is 0.231 e. The first kappa shape index (κ1) is 22.5. The van der Waals surface area contributed by atoms with Crippen LogP contribution in [0.5, 0.6) is 0 Å². The van der Waals surface area contributed by atoms with Gasteiger partial charge in [-0.1, -0.05) is 61.5 Å². The molecule has 0 radical (unpaired) electrons. The lowest BCUT2D eigenvalue weighted by molar-refractivity contribution is -0.129. The topological polar surface area (TPSA) is 66.5 Å². The van der Waals surface area contributed by atoms with Gasteiger partial charge >= 0.3 is 0 Å². The Hall–Kier alpha value is -2.18. The number of nitrogens with one attached hydrogen (secondary N) is 1. The fourth-order valence-electron chi connectivity index (χ4n) is 4.19. The maximum atomic E-state index is 13.6. The van der Waals surface area contributed by atoms with Crippen LogP contribution >= 0.6 is 0 Å². The van der Waals surface area contributed by atoms with Crippen molar-refractivity contribution < 1.29 is 13.2 Å². The van der Waals surface area contributed by atoms with Crippen molar-refractivity contribution in [1.29, 1.82) is 0 Å². The van der Waals surface area contributed by atoms with E-state index in [1.54, 1.807) is 6.92 Å². The van der Waals surface area contributed by atoms with Crippen molar-refractivity contribution in [3.63, 3.8) is 0 Å². The van der Waals surface area contributed by atoms with Gasteiger partial charge in [0.05, 0.1) is 17.2 Å². The molecule has 1 aliphatic rings. The van der Waals surface area contributed by atoms with Crippen molar-refractivity contribution in [3.05, 3.63) is 71.3 Å². The Kier molecular flexibility index (Phi) is 6.98. The number of benzene rings is 2. The Bertz CT molecular complexity index is 948. The zero-order valence-corrected chi connectivity index (χ0v) is 18.9. The third-order valence-electron chi connectivity index (χ3n) is 6.33. The Morgan fingerprint density at radius 2 is 1.63 bits per heavy atom. The average Bonchev–Trinajstić information content (AvgIpc) is 2.79. The lowest BCUT2D eigenvalue weighted by Gasteiger charge is -2.41. The van der Waals surface area contributed by atoms with Gasteiger partial charge < -0.3 is 5.32 Å². The molecule has 30 heavy (non-hydrogen) atoms. The first-order chi connectivity index (χ1) is 14.3. The van der Waals surface area contributed by atoms with Crippen LogP contribution in [0.4, 0.5) is 0 Å². The van der Waals surface area contributed by atoms with Crippen LogP contribution in [0.2, 0.25) is 0 Å². The number of amides is 1. The van der Waals surface area contributed by atoms with E-state index in [-0.39, 0.29) is 17.7 Å². The number of carbonyl (C=O) groups excluding carboxylic acids is 1. The third kappa shape index (κ3) is 4.60. The molecule has 0 spiro atoms. The van der Waals surface area contributed by atoms with Crippen molar-refractivity contribution >= 4 is 15.9 Å². The van der Waals surface area contributed by atoms with Crippen LogP contribution in [0.3, 0.4) is 0 Å². The van der Waals surface area contributed by atoms with E-state index >= 15 is 0 Å². The van der Waals surface area contributed by atoms with Crippen LogP contribution in [0.25, 0.3) is 0 Å². The normalized spacial score (nSPS) is 18.0. The molecule has 1 unspecified atom stereocenters. The number of aryl methyl sites for hydroxylation is 1. The summed E-state index contributed by atoms with van der Waals surface area (Å²) in [6, 6.07) is 18.0. The van der Waals surface area contributed by atoms with Crippen LogP contribution < -0.4 is 5.32 Å². The van der Waals surface area contributed by atoms with Crippen molar-refractivity contribution in [1.82, 2.24) is 9.62 Å². The van der Waals surface area contributed by atoms with Gasteiger partial charge in [0.15, 0.2) is 0 Å². The molecule has 0 aromatic heterocycles. The number of nitrogens with zero attached hydrogens (tertiary/aromatic N) is 1. The van der Waals surface area contributed by atoms with Crippen molar-refractivity contribution in [2.24, 2.45) is 0 Å². The van der Waals surface area contributed by atoms with E-state index in [0.717, 1.165) is 17.5 Å². The van der Waals surface area contributed by atoms with Gasteiger partial charge in [0.1, 0.15) is 0 Å². The number of hydrogen-bond donors (Lipinski definition) is 1. The Balaban J connectivity index is 1.83. The highest BCUT2D eigenvalue weighted by Gasteiger charge is 2.44. The fourth-order valence-corrected chi connectivity index (χ4v) is 5.30. The number of hydrogen-bond acceptors (Lipinski definition) is 3. The van der Waals surface area contributed by atoms with Crippen LogP contribution in [0.1, 0.15) is 56.3 Å². The first-order valence-corrected chi connectivity index (χ1v) is 12.4. The molecular formula is C24H32N2O3S. The van der Waals surface area contributed by atoms with E-state index in [9.17, 15) is 13.2 Å². The van der Waals surface area contributed by atoms with Gasteiger partial charge in [-0.15, -0.1) is 0 Å². The summed E-state index contributed by atoms with van der Waals surface area (Å²) in [7, 11) is -3.25. The van der Waals surface area contributed by atoms with Crippen LogP contribution in [-0.4, -0.2) is 37.5 Å². The molecule has 1 heterocycles. The van der Waals surface area contributed by atoms with Crippen LogP contribution in [0.15, 0.2) is 54.6 Å². The number of piperidine rings is 1. The highest BCUT2D eigenvalue weighted by Crippen LogP contribution is 2.37. The first-order valence-electron chi connectivity index (χ1n) is 10.8. The lowest BCUT2D eigenvalue weighted by Crippen LogP contribution is -2.53. The molecule has 1 aliphatic heterocycles. The second-order valence-electron chi connectivity index (χ2n) is 8.04. The van der Waals surface area contributed by atoms with E-state index < -0.39 is 15.4 Å². The summed E-state index contributed by atoms with van der Waals surface area (Å²) < 4.78 is 26.1. The van der Waals surface area contributed by atoms with Gasteiger partial charge in [0.25, 0.3) is 0 Å². The molecule has 1 saturated heterocycles. The van der Waals surface area contributed by atoms with E-state index in [4.69, 9.17) is 0 Å². The Labute approximate surface area is 180 Å². The number of carbonyl (C=O) groups is 1. The lowest BCUT2D eigenvalue weighted by atomic mass is 9.72. The van der Waals surface area contributed by atoms with Crippen molar-refractivity contribution in [2.45, 2.75) is 51.5 Å². The molecule has 6 heteroatoms. The molecule has 1 N–H and O–H groups in total. The Morgan fingerprint density at radius 1 is 1.03 bits per heavy atom. The zero-order chi connectivity index (χ0) is 21.8. The fraction of sp³-hybridized carbons (Fsp3) is 0.458. The minimum atomic E-state index is -3.25. The molecule has 3 rings (SSSR count). The monoisotopic (exact) mass is 428 g/mol. The second kappa shape index (κ2) is 9.31. The second-order valence-corrected chi connectivity index (χ2v) is 10.3. The van der Waals surface area contributed by atoms with Crippen molar-refractivity contribution in [2.75, 3.05) is 18.8 Å². The van der Waals surface area contributed by atoms with Crippen LogP contribution in [-0.2, 0) is 26.7 Å². The summed E-state index contributed by atoms with van der Waals surface area (Å²) in [5.41, 5.74) is 2.56. The quantitative estimate of drug-likeness (QED) is 0.729. The summed E-state index contributed by atoms with van der Waals surface area (Å²) in [5, 5.41) is 3.20. The highest BCUT2D eigenvalue weighted by molar-refractivity contribution is 7.89. The molecule has 0 aliphatic carbocycles. The molecule has 1 amide bonds. The predicted molar refractivity (Wildman–Crippen MR) is 121 cm³/mol. The molecule has 0 saturated carbocycles. The van der Waals surface area contributed by atoms with Gasteiger partial charge in [-0.2, -0.15) is 0 Å². The molecule has 1 fully saturated rings. The minimum Gasteiger partial charge on any atom is -0.349 e. The van der Waals surface area contributed by atoms with Crippen molar-refractivity contribution in [3.8, 4) is 0 Å². The molecule has 0 bridgehead atoms. The molecule has 162 valence electrons. The molecular weight excluding hydrogens is 396 g/mol. The van der Waals surface area contributed by atoms with Gasteiger partial charge in [0.2, 0.25) is 15.9 Å². The van der Waals surface area contributed by atoms with Gasteiger partial charge in [-0.25, -0.2) is 12.7 Å². The third-order valence-corrected chi connectivity index (χ3v) is 8.21. The van der Waals surface area contributed by atoms with Crippen LogP contribution in [0, 0.1) is 0 Å². The van der Waals surface area contributed by atoms with E-state index in [1.165, 1.54) is 9.87 Å². The summed E-state index contributed by atoms with van der Waals surface area (Å²) in [6.07, 6.45) is 1.93. The van der Waals surface area contributed by atoms with E-state index in [1.807, 2.05) is 37.3 Å². The maximum Gasteiger partial charge on any atom is 0.231 e. The zero-order valence-electron chi connectivity index (χ0n) is 18.1. The predicted octanol–water partition coefficient (Wildman–Crippen LogP) is 3.81. The molecule has 5 nitrogen and oxygen atoms in total. The largest absolute Gasteiger partial charge is 0.349 e. The number of rotatable bonds is 7. The van der Waals surface area contributed by atoms with Gasteiger partial charge in [-0.05, 0) is 49.8 Å². The highest BCUT2D eigenvalue weighted by atomic mass is 32.2. The maximum absolute atomic E-state index is 13.6. The van der Waals surface area contributed by atoms with E-state index in [2.05, 4.69) is 36.5 Å².